The highest BCUT2D eigenvalue weighted by Gasteiger charge is 2.12. The minimum Gasteiger partial charge on any atom is -0.383 e. The van der Waals surface area contributed by atoms with Gasteiger partial charge in [0.15, 0.2) is 0 Å². The molecule has 1 N–H and O–H groups in total. The van der Waals surface area contributed by atoms with Crippen molar-refractivity contribution in [3.8, 4) is 0 Å². The van der Waals surface area contributed by atoms with E-state index in [1.807, 2.05) is 27.0 Å². The third-order valence-electron chi connectivity index (χ3n) is 3.00. The molecule has 0 aromatic carbocycles. The summed E-state index contributed by atoms with van der Waals surface area (Å²) in [7, 11) is 1.68. The first kappa shape index (κ1) is 13.6. The molecule has 0 saturated carbocycles. The number of aryl methyl sites for hydroxylation is 3. The monoisotopic (exact) mass is 264 g/mol. The maximum Gasteiger partial charge on any atom is 0.203 e. The van der Waals surface area contributed by atoms with Gasteiger partial charge in [-0.1, -0.05) is 5.16 Å². The van der Waals surface area contributed by atoms with Gasteiger partial charge in [0, 0.05) is 25.4 Å². The number of nitrogens with one attached hydrogen (secondary N) is 1. The summed E-state index contributed by atoms with van der Waals surface area (Å²) >= 11 is 0. The van der Waals surface area contributed by atoms with Gasteiger partial charge in [0.1, 0.15) is 5.76 Å². The van der Waals surface area contributed by atoms with E-state index in [0.717, 1.165) is 35.2 Å². The summed E-state index contributed by atoms with van der Waals surface area (Å²) in [6.07, 6.45) is 2.01. The lowest BCUT2D eigenvalue weighted by Gasteiger charge is -2.09. The number of ether oxygens (including phenoxy) is 1. The van der Waals surface area contributed by atoms with E-state index in [0.29, 0.717) is 13.2 Å². The van der Waals surface area contributed by atoms with E-state index in [1.165, 1.54) is 0 Å². The topological polar surface area (TPSA) is 65.1 Å². The van der Waals surface area contributed by atoms with E-state index >= 15 is 0 Å². The SMILES string of the molecule is COCCNc1nc(C)cn1Cc1c(C)noc1C. The zero-order valence-electron chi connectivity index (χ0n) is 11.9. The van der Waals surface area contributed by atoms with E-state index < -0.39 is 0 Å². The highest BCUT2D eigenvalue weighted by atomic mass is 16.5. The van der Waals surface area contributed by atoms with Gasteiger partial charge in [0.05, 0.1) is 24.5 Å². The number of hydrogen-bond acceptors (Lipinski definition) is 5. The highest BCUT2D eigenvalue weighted by Crippen LogP contribution is 2.17. The van der Waals surface area contributed by atoms with Gasteiger partial charge in [-0.3, -0.25) is 0 Å². The lowest BCUT2D eigenvalue weighted by atomic mass is 10.2. The van der Waals surface area contributed by atoms with E-state index in [2.05, 4.69) is 20.0 Å². The Morgan fingerprint density at radius 2 is 2.16 bits per heavy atom. The van der Waals surface area contributed by atoms with Crippen LogP contribution in [0.5, 0.6) is 0 Å². The smallest absolute Gasteiger partial charge is 0.203 e. The minimum absolute atomic E-state index is 0.650. The first-order valence-corrected chi connectivity index (χ1v) is 6.30. The number of rotatable bonds is 6. The van der Waals surface area contributed by atoms with Gasteiger partial charge in [-0.15, -0.1) is 0 Å². The van der Waals surface area contributed by atoms with Crippen LogP contribution in [0.1, 0.15) is 22.7 Å². The highest BCUT2D eigenvalue weighted by molar-refractivity contribution is 5.31. The second kappa shape index (κ2) is 5.88. The van der Waals surface area contributed by atoms with Crippen LogP contribution in [-0.2, 0) is 11.3 Å². The fourth-order valence-electron chi connectivity index (χ4n) is 1.97. The second-order valence-corrected chi connectivity index (χ2v) is 4.56. The molecule has 0 aliphatic rings. The molecule has 2 heterocycles. The van der Waals surface area contributed by atoms with Crippen molar-refractivity contribution in [3.63, 3.8) is 0 Å². The molecule has 2 aromatic heterocycles. The average molecular weight is 264 g/mol. The largest absolute Gasteiger partial charge is 0.383 e. The van der Waals surface area contributed by atoms with Crippen molar-refractivity contribution >= 4 is 5.95 Å². The Bertz CT molecular complexity index is 525. The Morgan fingerprint density at radius 3 is 2.79 bits per heavy atom. The zero-order chi connectivity index (χ0) is 13.8. The van der Waals surface area contributed by atoms with Gasteiger partial charge in [-0.2, -0.15) is 0 Å². The average Bonchev–Trinajstić information content (AvgIpc) is 2.87. The van der Waals surface area contributed by atoms with E-state index in [1.54, 1.807) is 7.11 Å². The quantitative estimate of drug-likeness (QED) is 0.807. The van der Waals surface area contributed by atoms with Crippen molar-refractivity contribution < 1.29 is 9.26 Å². The number of anilines is 1. The molecule has 0 amide bonds. The maximum atomic E-state index is 5.19. The Morgan fingerprint density at radius 1 is 1.37 bits per heavy atom. The molecule has 0 aliphatic carbocycles. The Balaban J connectivity index is 2.15. The number of imidazole rings is 1. The van der Waals surface area contributed by atoms with Crippen LogP contribution in [0, 0.1) is 20.8 Å². The predicted molar refractivity (Wildman–Crippen MR) is 72.4 cm³/mol. The molecule has 0 radical (unpaired) electrons. The Labute approximate surface area is 112 Å². The molecule has 0 aliphatic heterocycles. The third kappa shape index (κ3) is 3.14. The zero-order valence-corrected chi connectivity index (χ0v) is 11.9. The van der Waals surface area contributed by atoms with Crippen molar-refractivity contribution in [1.82, 2.24) is 14.7 Å². The van der Waals surface area contributed by atoms with Crippen molar-refractivity contribution in [3.05, 3.63) is 28.9 Å². The number of hydrogen-bond donors (Lipinski definition) is 1. The molecule has 2 rings (SSSR count). The van der Waals surface area contributed by atoms with E-state index in [9.17, 15) is 0 Å². The van der Waals surface area contributed by atoms with E-state index in [-0.39, 0.29) is 0 Å². The van der Waals surface area contributed by atoms with Crippen molar-refractivity contribution in [2.45, 2.75) is 27.3 Å². The number of nitrogens with zero attached hydrogens (tertiary/aromatic N) is 3. The molecular formula is C13H20N4O2. The van der Waals surface area contributed by atoms with Crippen LogP contribution in [0.3, 0.4) is 0 Å². The van der Waals surface area contributed by atoms with Crippen LogP contribution in [0.4, 0.5) is 5.95 Å². The second-order valence-electron chi connectivity index (χ2n) is 4.56. The molecule has 6 nitrogen and oxygen atoms in total. The van der Waals surface area contributed by atoms with Gasteiger partial charge in [0.25, 0.3) is 0 Å². The molecular weight excluding hydrogens is 244 g/mol. The summed E-state index contributed by atoms with van der Waals surface area (Å²) < 4.78 is 12.3. The summed E-state index contributed by atoms with van der Waals surface area (Å²) in [5, 5.41) is 7.24. The number of methoxy groups -OCH3 is 1. The van der Waals surface area contributed by atoms with Gasteiger partial charge < -0.3 is 19.1 Å². The molecule has 0 atom stereocenters. The van der Waals surface area contributed by atoms with Crippen LogP contribution in [0.25, 0.3) is 0 Å². The molecule has 0 unspecified atom stereocenters. The fourth-order valence-corrected chi connectivity index (χ4v) is 1.97. The molecule has 0 spiro atoms. The summed E-state index contributed by atoms with van der Waals surface area (Å²) in [4.78, 5) is 4.47. The lowest BCUT2D eigenvalue weighted by molar-refractivity contribution is 0.210. The maximum absolute atomic E-state index is 5.19. The third-order valence-corrected chi connectivity index (χ3v) is 3.00. The fraction of sp³-hybridized carbons (Fsp3) is 0.538. The normalized spacial score (nSPS) is 10.9. The summed E-state index contributed by atoms with van der Waals surface area (Å²) in [5.74, 6) is 1.70. The van der Waals surface area contributed by atoms with Gasteiger partial charge in [-0.05, 0) is 20.8 Å². The van der Waals surface area contributed by atoms with Crippen LogP contribution < -0.4 is 5.32 Å². The Kier molecular flexibility index (Phi) is 4.21. The van der Waals surface area contributed by atoms with Crippen LogP contribution in [-0.4, -0.2) is 35.0 Å². The minimum atomic E-state index is 0.650. The van der Waals surface area contributed by atoms with Crippen molar-refractivity contribution in [2.75, 3.05) is 25.6 Å². The molecule has 0 saturated heterocycles. The molecule has 19 heavy (non-hydrogen) atoms. The van der Waals surface area contributed by atoms with Crippen molar-refractivity contribution in [2.24, 2.45) is 0 Å². The Hall–Kier alpha value is -1.82. The summed E-state index contributed by atoms with van der Waals surface area (Å²) in [6.45, 7) is 7.94. The van der Waals surface area contributed by atoms with E-state index in [4.69, 9.17) is 9.26 Å². The molecule has 6 heteroatoms. The molecule has 2 aromatic rings. The van der Waals surface area contributed by atoms with Gasteiger partial charge in [0.2, 0.25) is 5.95 Å². The summed E-state index contributed by atoms with van der Waals surface area (Å²) in [6, 6.07) is 0. The van der Waals surface area contributed by atoms with Crippen molar-refractivity contribution in [1.29, 1.82) is 0 Å². The van der Waals surface area contributed by atoms with Crippen LogP contribution >= 0.6 is 0 Å². The van der Waals surface area contributed by atoms with Gasteiger partial charge in [-0.25, -0.2) is 4.98 Å². The first-order valence-electron chi connectivity index (χ1n) is 6.30. The molecule has 104 valence electrons. The van der Waals surface area contributed by atoms with Crippen LogP contribution in [0.15, 0.2) is 10.7 Å². The first-order chi connectivity index (χ1) is 9.11. The van der Waals surface area contributed by atoms with Gasteiger partial charge >= 0.3 is 0 Å². The number of aromatic nitrogens is 3. The molecule has 0 bridgehead atoms. The van der Waals surface area contributed by atoms with Crippen LogP contribution in [0.2, 0.25) is 0 Å². The molecule has 0 fully saturated rings. The lowest BCUT2D eigenvalue weighted by Crippen LogP contribution is -2.13. The standard InChI is InChI=1S/C13H20N4O2/c1-9-7-17(13(15-9)14-5-6-18-4)8-12-10(2)16-19-11(12)3/h7H,5-6,8H2,1-4H3,(H,14,15). The predicted octanol–water partition coefficient (Wildman–Crippen LogP) is 1.90. The summed E-state index contributed by atoms with van der Waals surface area (Å²) in [5.41, 5.74) is 3.01.